The van der Waals surface area contributed by atoms with Crippen LogP contribution < -0.4 is 5.32 Å². The van der Waals surface area contributed by atoms with Crippen molar-refractivity contribution >= 4 is 12.0 Å². The summed E-state index contributed by atoms with van der Waals surface area (Å²) < 4.78 is 16.7. The first-order valence-electron chi connectivity index (χ1n) is 8.57. The fourth-order valence-corrected chi connectivity index (χ4v) is 3.21. The molecule has 2 rings (SSSR count). The lowest BCUT2D eigenvalue weighted by Gasteiger charge is -2.35. The van der Waals surface area contributed by atoms with Crippen LogP contribution in [0.5, 0.6) is 0 Å². The summed E-state index contributed by atoms with van der Waals surface area (Å²) in [5.74, 6) is -0.140. The average Bonchev–Trinajstić information content (AvgIpc) is 2.99. The Morgan fingerprint density at radius 2 is 2.00 bits per heavy atom. The van der Waals surface area contributed by atoms with Crippen molar-refractivity contribution in [3.05, 3.63) is 0 Å². The second kappa shape index (κ2) is 6.88. The molecule has 0 bridgehead atoms. The summed E-state index contributed by atoms with van der Waals surface area (Å²) in [6.45, 7) is 12.5. The molecule has 0 saturated carbocycles. The second-order valence-corrected chi connectivity index (χ2v) is 7.99. The lowest BCUT2D eigenvalue weighted by atomic mass is 10.1. The molecule has 0 aromatic rings. The number of nitrogens with zero attached hydrogens (tertiary/aromatic N) is 1. The molecule has 0 radical (unpaired) electrons. The largest absolute Gasteiger partial charge is 0.444 e. The Balaban J connectivity index is 2.04. The Bertz CT molecular complexity index is 480. The monoisotopic (exact) mass is 342 g/mol. The van der Waals surface area contributed by atoms with E-state index in [9.17, 15) is 9.59 Å². The molecular weight excluding hydrogens is 312 g/mol. The zero-order valence-corrected chi connectivity index (χ0v) is 15.5. The molecule has 7 heteroatoms. The van der Waals surface area contributed by atoms with E-state index in [4.69, 9.17) is 14.2 Å². The number of carbonyl (C=O) groups is 2. The van der Waals surface area contributed by atoms with Crippen LogP contribution in [0.2, 0.25) is 0 Å². The van der Waals surface area contributed by atoms with Crippen molar-refractivity contribution in [3.8, 4) is 0 Å². The highest BCUT2D eigenvalue weighted by molar-refractivity contribution is 5.79. The minimum atomic E-state index is -0.784. The molecule has 2 aliphatic heterocycles. The summed E-state index contributed by atoms with van der Waals surface area (Å²) in [5, 5.41) is 2.93. The lowest BCUT2D eigenvalue weighted by Crippen LogP contribution is -2.54. The van der Waals surface area contributed by atoms with E-state index in [1.165, 1.54) is 0 Å². The second-order valence-electron chi connectivity index (χ2n) is 7.99. The molecule has 138 valence electrons. The number of rotatable bonds is 3. The minimum Gasteiger partial charge on any atom is -0.444 e. The third kappa shape index (κ3) is 4.39. The van der Waals surface area contributed by atoms with Crippen LogP contribution in [0, 0.1) is 5.92 Å². The van der Waals surface area contributed by atoms with Crippen molar-refractivity contribution in [3.63, 3.8) is 0 Å². The highest BCUT2D eigenvalue weighted by Crippen LogP contribution is 2.33. The maximum Gasteiger partial charge on any atom is 0.412 e. The van der Waals surface area contributed by atoms with E-state index >= 15 is 0 Å². The molecule has 0 aromatic carbocycles. The number of hydrogen-bond donors (Lipinski definition) is 1. The van der Waals surface area contributed by atoms with Gasteiger partial charge in [0.05, 0.1) is 24.7 Å². The number of nitrogens with one attached hydrogen (secondary N) is 1. The van der Waals surface area contributed by atoms with Gasteiger partial charge in [0, 0.05) is 13.2 Å². The molecule has 24 heavy (non-hydrogen) atoms. The lowest BCUT2D eigenvalue weighted by molar-refractivity contribution is -0.125. The van der Waals surface area contributed by atoms with Gasteiger partial charge in [-0.1, -0.05) is 0 Å². The van der Waals surface area contributed by atoms with Gasteiger partial charge >= 0.3 is 6.09 Å². The molecule has 0 aromatic heterocycles. The van der Waals surface area contributed by atoms with Gasteiger partial charge in [0.25, 0.3) is 0 Å². The van der Waals surface area contributed by atoms with Crippen LogP contribution >= 0.6 is 0 Å². The summed E-state index contributed by atoms with van der Waals surface area (Å²) in [4.78, 5) is 26.4. The molecule has 7 nitrogen and oxygen atoms in total. The van der Waals surface area contributed by atoms with Crippen molar-refractivity contribution in [1.29, 1.82) is 0 Å². The van der Waals surface area contributed by atoms with Gasteiger partial charge in [-0.2, -0.15) is 0 Å². The summed E-state index contributed by atoms with van der Waals surface area (Å²) in [6.07, 6.45) is 0.108. The summed E-state index contributed by atoms with van der Waals surface area (Å²) in [7, 11) is 0. The summed E-state index contributed by atoms with van der Waals surface area (Å²) in [6, 6.07) is -0.277. The quantitative estimate of drug-likeness (QED) is 0.848. The van der Waals surface area contributed by atoms with Crippen molar-refractivity contribution in [1.82, 2.24) is 10.2 Å². The van der Waals surface area contributed by atoms with Crippen molar-refractivity contribution in [2.75, 3.05) is 19.8 Å². The van der Waals surface area contributed by atoms with E-state index in [0.717, 1.165) is 6.42 Å². The van der Waals surface area contributed by atoms with E-state index in [1.807, 2.05) is 41.5 Å². The predicted molar refractivity (Wildman–Crippen MR) is 88.4 cm³/mol. The molecule has 3 atom stereocenters. The third-order valence-electron chi connectivity index (χ3n) is 4.30. The normalized spacial score (nSPS) is 29.6. The Labute approximate surface area is 144 Å². The molecule has 1 N–H and O–H groups in total. The Kier molecular flexibility index (Phi) is 5.44. The SMILES string of the molecule is C[C@@H]1OC(C)(C)N(C(=O)OC(C)(C)C)[C@@H]1CNC(=O)[C@H]1CCOC1. The maximum absolute atomic E-state index is 12.6. The molecule has 2 fully saturated rings. The summed E-state index contributed by atoms with van der Waals surface area (Å²) in [5.41, 5.74) is -1.37. The molecular formula is C17H30N2O5. The smallest absolute Gasteiger partial charge is 0.412 e. The van der Waals surface area contributed by atoms with Gasteiger partial charge in [-0.3, -0.25) is 9.69 Å². The molecule has 2 amide bonds. The van der Waals surface area contributed by atoms with Gasteiger partial charge in [0.1, 0.15) is 11.3 Å². The van der Waals surface area contributed by atoms with Crippen LogP contribution in [-0.2, 0) is 19.0 Å². The average molecular weight is 342 g/mol. The number of ether oxygens (including phenoxy) is 3. The van der Waals surface area contributed by atoms with Gasteiger partial charge in [-0.25, -0.2) is 4.79 Å². The van der Waals surface area contributed by atoms with Crippen LogP contribution in [0.1, 0.15) is 48.0 Å². The minimum absolute atomic E-state index is 0.0338. The van der Waals surface area contributed by atoms with E-state index < -0.39 is 17.4 Å². The molecule has 2 aliphatic rings. The molecule has 0 spiro atoms. The Hall–Kier alpha value is -1.34. The predicted octanol–water partition coefficient (Wildman–Crippen LogP) is 1.90. The molecule has 2 heterocycles. The number of hydrogen-bond acceptors (Lipinski definition) is 5. The van der Waals surface area contributed by atoms with Crippen LogP contribution in [-0.4, -0.2) is 60.1 Å². The van der Waals surface area contributed by atoms with Crippen LogP contribution in [0.25, 0.3) is 0 Å². The van der Waals surface area contributed by atoms with Crippen molar-refractivity contribution < 1.29 is 23.8 Å². The molecule has 0 aliphatic carbocycles. The highest BCUT2D eigenvalue weighted by Gasteiger charge is 2.49. The first-order chi connectivity index (χ1) is 11.0. The fraction of sp³-hybridized carbons (Fsp3) is 0.882. The van der Waals surface area contributed by atoms with Gasteiger partial charge in [0.15, 0.2) is 0 Å². The zero-order chi connectivity index (χ0) is 18.1. The van der Waals surface area contributed by atoms with E-state index in [0.29, 0.717) is 19.8 Å². The van der Waals surface area contributed by atoms with Crippen molar-refractivity contribution in [2.24, 2.45) is 5.92 Å². The van der Waals surface area contributed by atoms with Crippen molar-refractivity contribution in [2.45, 2.75) is 71.4 Å². The van der Waals surface area contributed by atoms with Gasteiger partial charge in [-0.15, -0.1) is 0 Å². The Morgan fingerprint density at radius 3 is 2.54 bits per heavy atom. The standard InChI is InChI=1S/C17H30N2O5/c1-11-13(9-18-14(20)12-7-8-22-10-12)19(17(5,6)23-11)15(21)24-16(2,3)4/h11-13H,7-10H2,1-6H3,(H,18,20)/t11-,12-,13+/m0/s1. The topological polar surface area (TPSA) is 77.1 Å². The fourth-order valence-electron chi connectivity index (χ4n) is 3.21. The molecule has 0 unspecified atom stereocenters. The van der Waals surface area contributed by atoms with Crippen LogP contribution in [0.3, 0.4) is 0 Å². The van der Waals surface area contributed by atoms with E-state index in [-0.39, 0.29) is 24.0 Å². The molecule has 2 saturated heterocycles. The first-order valence-corrected chi connectivity index (χ1v) is 8.57. The van der Waals surface area contributed by atoms with Gasteiger partial charge < -0.3 is 19.5 Å². The number of carbonyl (C=O) groups excluding carboxylic acids is 2. The van der Waals surface area contributed by atoms with Gasteiger partial charge in [-0.05, 0) is 48.0 Å². The third-order valence-corrected chi connectivity index (χ3v) is 4.30. The van der Waals surface area contributed by atoms with E-state index in [2.05, 4.69) is 5.32 Å². The van der Waals surface area contributed by atoms with E-state index in [1.54, 1.807) is 4.90 Å². The zero-order valence-electron chi connectivity index (χ0n) is 15.5. The highest BCUT2D eigenvalue weighted by atomic mass is 16.6. The van der Waals surface area contributed by atoms with Crippen LogP contribution in [0.4, 0.5) is 4.79 Å². The van der Waals surface area contributed by atoms with Gasteiger partial charge in [0.2, 0.25) is 5.91 Å². The van der Waals surface area contributed by atoms with Crippen LogP contribution in [0.15, 0.2) is 0 Å². The maximum atomic E-state index is 12.6. The Morgan fingerprint density at radius 1 is 1.33 bits per heavy atom. The first kappa shape index (κ1) is 19.0. The summed E-state index contributed by atoms with van der Waals surface area (Å²) >= 11 is 0. The number of amides is 2.